The first kappa shape index (κ1) is 10.5. The van der Waals surface area contributed by atoms with Gasteiger partial charge in [-0.15, -0.1) is 0 Å². The highest BCUT2D eigenvalue weighted by Crippen LogP contribution is 2.28. The maximum absolute atomic E-state index is 11.7. The molecule has 1 N–H and O–H groups in total. The van der Waals surface area contributed by atoms with Gasteiger partial charge >= 0.3 is 0 Å². The molecule has 4 heteroatoms. The van der Waals surface area contributed by atoms with E-state index in [1.807, 2.05) is 24.3 Å². The van der Waals surface area contributed by atoms with Crippen LogP contribution in [0, 0.1) is 0 Å². The number of rotatable bonds is 1. The van der Waals surface area contributed by atoms with Crippen LogP contribution in [0.15, 0.2) is 29.1 Å². The summed E-state index contributed by atoms with van der Waals surface area (Å²) in [5, 5.41) is 8.53. The van der Waals surface area contributed by atoms with Crippen molar-refractivity contribution in [1.82, 2.24) is 10.2 Å². The van der Waals surface area contributed by atoms with Gasteiger partial charge in [0.2, 0.25) is 0 Å². The Labute approximate surface area is 98.6 Å². The second-order valence-corrected chi connectivity index (χ2v) is 4.37. The Balaban J connectivity index is 2.16. The number of aromatic nitrogens is 2. The van der Waals surface area contributed by atoms with E-state index in [0.717, 1.165) is 42.5 Å². The number of nitrogens with zero attached hydrogens (tertiary/aromatic N) is 1. The lowest BCUT2D eigenvalue weighted by molar-refractivity contribution is 0.0846. The molecule has 88 valence electrons. The van der Waals surface area contributed by atoms with Crippen LogP contribution in [0.25, 0.3) is 10.8 Å². The van der Waals surface area contributed by atoms with Crippen molar-refractivity contribution < 1.29 is 4.74 Å². The van der Waals surface area contributed by atoms with Gasteiger partial charge < -0.3 is 4.74 Å². The normalized spacial score (nSPS) is 17.4. The fourth-order valence-corrected chi connectivity index (χ4v) is 2.42. The molecule has 0 radical (unpaired) electrons. The molecule has 0 saturated carbocycles. The molecule has 2 heterocycles. The summed E-state index contributed by atoms with van der Waals surface area (Å²) in [5.74, 6) is 0.394. The molecule has 1 saturated heterocycles. The predicted octanol–water partition coefficient (Wildman–Crippen LogP) is 1.82. The highest BCUT2D eigenvalue weighted by Gasteiger charge is 2.20. The van der Waals surface area contributed by atoms with Crippen LogP contribution in [0.3, 0.4) is 0 Å². The lowest BCUT2D eigenvalue weighted by Crippen LogP contribution is -2.18. The van der Waals surface area contributed by atoms with Crippen LogP contribution < -0.4 is 5.56 Å². The minimum atomic E-state index is -0.114. The van der Waals surface area contributed by atoms with Crippen LogP contribution in [0.4, 0.5) is 0 Å². The fraction of sp³-hybridized carbons (Fsp3) is 0.385. The van der Waals surface area contributed by atoms with Crippen LogP contribution in [0.1, 0.15) is 24.5 Å². The largest absolute Gasteiger partial charge is 0.381 e. The van der Waals surface area contributed by atoms with E-state index in [4.69, 9.17) is 4.74 Å². The molecule has 17 heavy (non-hydrogen) atoms. The number of hydrogen-bond donors (Lipinski definition) is 1. The van der Waals surface area contributed by atoms with Gasteiger partial charge in [0.25, 0.3) is 5.56 Å². The molecule has 1 aromatic carbocycles. The van der Waals surface area contributed by atoms with E-state index in [-0.39, 0.29) is 5.56 Å². The minimum absolute atomic E-state index is 0.114. The van der Waals surface area contributed by atoms with Gasteiger partial charge in [-0.1, -0.05) is 18.2 Å². The van der Waals surface area contributed by atoms with Gasteiger partial charge in [0.1, 0.15) is 0 Å². The predicted molar refractivity (Wildman–Crippen MR) is 65.2 cm³/mol. The summed E-state index contributed by atoms with van der Waals surface area (Å²) in [6.45, 7) is 1.56. The van der Waals surface area contributed by atoms with Crippen molar-refractivity contribution in [3.05, 3.63) is 40.3 Å². The van der Waals surface area contributed by atoms with Crippen LogP contribution >= 0.6 is 0 Å². The molecule has 2 aromatic rings. The smallest absolute Gasteiger partial charge is 0.272 e. The summed E-state index contributed by atoms with van der Waals surface area (Å²) in [6, 6.07) is 7.65. The van der Waals surface area contributed by atoms with E-state index >= 15 is 0 Å². The Hall–Kier alpha value is -1.68. The number of nitrogens with one attached hydrogen (secondary N) is 1. The van der Waals surface area contributed by atoms with E-state index in [1.54, 1.807) is 0 Å². The van der Waals surface area contributed by atoms with E-state index in [0.29, 0.717) is 5.92 Å². The zero-order valence-electron chi connectivity index (χ0n) is 9.48. The van der Waals surface area contributed by atoms with Crippen molar-refractivity contribution in [1.29, 1.82) is 0 Å². The molecule has 0 unspecified atom stereocenters. The van der Waals surface area contributed by atoms with Crippen LogP contribution in [-0.2, 0) is 4.74 Å². The number of fused-ring (bicyclic) bond motifs is 1. The third-order valence-electron chi connectivity index (χ3n) is 3.33. The highest BCUT2D eigenvalue weighted by molar-refractivity contribution is 5.83. The summed E-state index contributed by atoms with van der Waals surface area (Å²) in [7, 11) is 0. The van der Waals surface area contributed by atoms with Crippen molar-refractivity contribution in [2.75, 3.05) is 13.2 Å². The molecule has 3 rings (SSSR count). The Morgan fingerprint density at radius 3 is 2.65 bits per heavy atom. The topological polar surface area (TPSA) is 55.0 Å². The van der Waals surface area contributed by atoms with E-state index < -0.39 is 0 Å². The summed E-state index contributed by atoms with van der Waals surface area (Å²) in [4.78, 5) is 11.7. The average Bonchev–Trinajstić information content (AvgIpc) is 2.41. The summed E-state index contributed by atoms with van der Waals surface area (Å²) >= 11 is 0. The van der Waals surface area contributed by atoms with E-state index in [2.05, 4.69) is 10.2 Å². The van der Waals surface area contributed by atoms with Gasteiger partial charge in [0.05, 0.1) is 11.1 Å². The highest BCUT2D eigenvalue weighted by atomic mass is 16.5. The monoisotopic (exact) mass is 230 g/mol. The van der Waals surface area contributed by atoms with E-state index in [9.17, 15) is 4.79 Å². The molecule has 1 aliphatic heterocycles. The Morgan fingerprint density at radius 1 is 1.18 bits per heavy atom. The van der Waals surface area contributed by atoms with Crippen LogP contribution in [0.5, 0.6) is 0 Å². The Bertz CT molecular complexity index is 585. The molecular formula is C13H14N2O2. The molecule has 0 bridgehead atoms. The summed E-state index contributed by atoms with van der Waals surface area (Å²) in [5.41, 5.74) is 0.889. The van der Waals surface area contributed by atoms with Crippen LogP contribution in [-0.4, -0.2) is 23.4 Å². The molecule has 0 aliphatic carbocycles. The molecule has 0 amide bonds. The first-order chi connectivity index (χ1) is 8.36. The number of H-pyrrole nitrogens is 1. The average molecular weight is 230 g/mol. The molecule has 1 aliphatic rings. The molecule has 0 spiro atoms. The van der Waals surface area contributed by atoms with Gasteiger partial charge in [-0.05, 0) is 18.9 Å². The number of aromatic amines is 1. The maximum Gasteiger partial charge on any atom is 0.272 e. The molecule has 4 nitrogen and oxygen atoms in total. The van der Waals surface area contributed by atoms with Crippen molar-refractivity contribution in [2.45, 2.75) is 18.8 Å². The first-order valence-electron chi connectivity index (χ1n) is 5.91. The fourth-order valence-electron chi connectivity index (χ4n) is 2.42. The van der Waals surface area contributed by atoms with Crippen molar-refractivity contribution >= 4 is 10.8 Å². The lowest BCUT2D eigenvalue weighted by atomic mass is 9.93. The third kappa shape index (κ3) is 1.85. The van der Waals surface area contributed by atoms with Crippen molar-refractivity contribution in [3.8, 4) is 0 Å². The minimum Gasteiger partial charge on any atom is -0.381 e. The molecular weight excluding hydrogens is 216 g/mol. The quantitative estimate of drug-likeness (QED) is 0.813. The second-order valence-electron chi connectivity index (χ2n) is 4.37. The Kier molecular flexibility index (Phi) is 2.65. The lowest BCUT2D eigenvalue weighted by Gasteiger charge is -2.22. The zero-order chi connectivity index (χ0) is 11.7. The first-order valence-corrected chi connectivity index (χ1v) is 5.91. The molecule has 1 fully saturated rings. The zero-order valence-corrected chi connectivity index (χ0v) is 9.48. The van der Waals surface area contributed by atoms with Crippen LogP contribution in [0.2, 0.25) is 0 Å². The van der Waals surface area contributed by atoms with Gasteiger partial charge in [-0.2, -0.15) is 5.10 Å². The summed E-state index contributed by atoms with van der Waals surface area (Å²) in [6.07, 6.45) is 1.95. The van der Waals surface area contributed by atoms with Crippen molar-refractivity contribution in [3.63, 3.8) is 0 Å². The second kappa shape index (κ2) is 4.30. The molecule has 0 atom stereocenters. The Morgan fingerprint density at radius 2 is 1.88 bits per heavy atom. The number of hydrogen-bond acceptors (Lipinski definition) is 3. The number of ether oxygens (including phenoxy) is 1. The third-order valence-corrected chi connectivity index (χ3v) is 3.33. The standard InChI is InChI=1S/C13H14N2O2/c16-13-11-4-2-1-3-10(11)12(14-15-13)9-5-7-17-8-6-9/h1-4,9H,5-8H2,(H,15,16). The maximum atomic E-state index is 11.7. The SMILES string of the molecule is O=c1[nH]nc(C2CCOCC2)c2ccccc12. The summed E-state index contributed by atoms with van der Waals surface area (Å²) < 4.78 is 5.36. The number of benzene rings is 1. The molecule has 1 aromatic heterocycles. The van der Waals surface area contributed by atoms with Crippen molar-refractivity contribution in [2.24, 2.45) is 0 Å². The van der Waals surface area contributed by atoms with Gasteiger partial charge in [-0.3, -0.25) is 4.79 Å². The van der Waals surface area contributed by atoms with Gasteiger partial charge in [0.15, 0.2) is 0 Å². The van der Waals surface area contributed by atoms with E-state index in [1.165, 1.54) is 0 Å². The van der Waals surface area contributed by atoms with Gasteiger partial charge in [0, 0.05) is 24.5 Å². The van der Waals surface area contributed by atoms with Gasteiger partial charge in [-0.25, -0.2) is 5.10 Å².